The number of carbonyl (C=O) groups is 1. The van der Waals surface area contributed by atoms with Crippen molar-refractivity contribution in [3.05, 3.63) is 64.0 Å². The van der Waals surface area contributed by atoms with E-state index in [9.17, 15) is 33.3 Å². The Kier molecular flexibility index (Phi) is 9.23. The summed E-state index contributed by atoms with van der Waals surface area (Å²) < 4.78 is 54.9. The maximum atomic E-state index is 14.5. The van der Waals surface area contributed by atoms with Crippen LogP contribution >= 0.6 is 15.9 Å². The maximum absolute atomic E-state index is 14.5. The number of methoxy groups -OCH3 is 1. The number of nitrogens with zero attached hydrogens (tertiary/aromatic N) is 5. The molecule has 0 unspecified atom stereocenters. The van der Waals surface area contributed by atoms with Gasteiger partial charge in [-0.2, -0.15) is 0 Å². The molecule has 2 saturated heterocycles. The van der Waals surface area contributed by atoms with Crippen LogP contribution in [-0.2, 0) is 14.3 Å². The van der Waals surface area contributed by atoms with Crippen LogP contribution < -0.4 is 4.90 Å². The molecule has 2 aliphatic heterocycles. The largest absolute Gasteiger partial charge is 0.394 e. The second kappa shape index (κ2) is 12.6. The van der Waals surface area contributed by atoms with Crippen molar-refractivity contribution < 1.29 is 42.8 Å². The minimum Gasteiger partial charge on any atom is -0.394 e. The molecule has 0 aliphatic carbocycles. The quantitative estimate of drug-likeness (QED) is 0.322. The van der Waals surface area contributed by atoms with Crippen LogP contribution in [0.25, 0.3) is 11.3 Å². The van der Waals surface area contributed by atoms with Crippen LogP contribution in [0.2, 0.25) is 0 Å². The molecule has 1 aromatic heterocycles. The molecule has 0 bridgehead atoms. The number of hydrogen-bond donors (Lipinski definition) is 3. The van der Waals surface area contributed by atoms with Crippen LogP contribution in [0, 0.1) is 24.4 Å². The molecule has 0 saturated carbocycles. The minimum absolute atomic E-state index is 0.0434. The number of aliphatic hydroxyl groups is 3. The lowest BCUT2D eigenvalue weighted by Crippen LogP contribution is -2.63. The molecule has 1 amide bonds. The molecule has 232 valence electrons. The summed E-state index contributed by atoms with van der Waals surface area (Å²) in [6, 6.07) is 5.08. The van der Waals surface area contributed by atoms with Gasteiger partial charge in [0.2, 0.25) is 0 Å². The van der Waals surface area contributed by atoms with Gasteiger partial charge in [-0.25, -0.2) is 17.9 Å². The number of likely N-dealkylation sites (tertiary alicyclic amines) is 1. The SMILES string of the molecule is CO[C@@H]1[C@@H](n2cc(-c3cc(F)c(F)c(F)c3)nn2)[C@@H](O)[C@@H](CO)O[C@H]1C(=O)N(c1cc(C)cc(Br)c1)[C@H]1CN(C)C[C@@H]1O. The van der Waals surface area contributed by atoms with E-state index in [4.69, 9.17) is 9.47 Å². The molecular formula is C28H31BrF3N5O6. The first kappa shape index (κ1) is 31.5. The average molecular weight is 670 g/mol. The van der Waals surface area contributed by atoms with Gasteiger partial charge in [-0.1, -0.05) is 21.1 Å². The summed E-state index contributed by atoms with van der Waals surface area (Å²) in [6.45, 7) is 1.88. The molecule has 0 radical (unpaired) electrons. The van der Waals surface area contributed by atoms with Crippen molar-refractivity contribution in [1.82, 2.24) is 19.9 Å². The van der Waals surface area contributed by atoms with Crippen LogP contribution in [-0.4, -0.2) is 112 Å². The zero-order chi connectivity index (χ0) is 31.2. The van der Waals surface area contributed by atoms with Crippen molar-refractivity contribution in [3.8, 4) is 11.3 Å². The van der Waals surface area contributed by atoms with E-state index in [1.807, 2.05) is 24.9 Å². The van der Waals surface area contributed by atoms with Crippen molar-refractivity contribution in [3.63, 3.8) is 0 Å². The van der Waals surface area contributed by atoms with Crippen molar-refractivity contribution in [2.75, 3.05) is 38.8 Å². The van der Waals surface area contributed by atoms with Crippen molar-refractivity contribution in [2.45, 2.75) is 49.5 Å². The molecular weight excluding hydrogens is 639 g/mol. The number of aliphatic hydroxyl groups excluding tert-OH is 3. The summed E-state index contributed by atoms with van der Waals surface area (Å²) in [5.41, 5.74) is 1.18. The number of hydrogen-bond acceptors (Lipinski definition) is 9. The normalized spacial score (nSPS) is 27.9. The van der Waals surface area contributed by atoms with Gasteiger partial charge in [0.25, 0.3) is 5.91 Å². The molecule has 0 spiro atoms. The van der Waals surface area contributed by atoms with Gasteiger partial charge < -0.3 is 34.6 Å². The molecule has 2 aliphatic rings. The molecule has 2 aromatic carbocycles. The van der Waals surface area contributed by atoms with Gasteiger partial charge in [0.1, 0.15) is 30.0 Å². The number of benzene rings is 2. The van der Waals surface area contributed by atoms with Crippen LogP contribution in [0.5, 0.6) is 0 Å². The number of aryl methyl sites for hydroxylation is 1. The highest BCUT2D eigenvalue weighted by Gasteiger charge is 2.52. The number of amides is 1. The van der Waals surface area contributed by atoms with E-state index >= 15 is 0 Å². The topological polar surface area (TPSA) is 133 Å². The van der Waals surface area contributed by atoms with Crippen LogP contribution in [0.1, 0.15) is 11.6 Å². The summed E-state index contributed by atoms with van der Waals surface area (Å²) >= 11 is 3.47. The Morgan fingerprint density at radius 3 is 2.44 bits per heavy atom. The third kappa shape index (κ3) is 6.07. The number of rotatable bonds is 7. The average Bonchev–Trinajstić information content (AvgIpc) is 3.56. The highest BCUT2D eigenvalue weighted by atomic mass is 79.9. The first-order chi connectivity index (χ1) is 20.4. The lowest BCUT2D eigenvalue weighted by Gasteiger charge is -2.45. The first-order valence-corrected chi connectivity index (χ1v) is 14.2. The number of likely N-dealkylation sites (N-methyl/N-ethyl adjacent to an activating group) is 1. The number of ether oxygens (including phenoxy) is 2. The molecule has 7 atom stereocenters. The Morgan fingerprint density at radius 1 is 1.16 bits per heavy atom. The molecule has 11 nitrogen and oxygen atoms in total. The van der Waals surface area contributed by atoms with Gasteiger partial charge in [-0.05, 0) is 49.9 Å². The molecule has 5 rings (SSSR count). The highest BCUT2D eigenvalue weighted by Crippen LogP contribution is 2.36. The van der Waals surface area contributed by atoms with Gasteiger partial charge in [-0.3, -0.25) is 4.79 Å². The van der Waals surface area contributed by atoms with E-state index in [1.165, 1.54) is 18.2 Å². The van der Waals surface area contributed by atoms with Crippen molar-refractivity contribution in [1.29, 1.82) is 0 Å². The third-order valence-electron chi connectivity index (χ3n) is 7.79. The van der Waals surface area contributed by atoms with E-state index in [-0.39, 0.29) is 11.3 Å². The summed E-state index contributed by atoms with van der Waals surface area (Å²) in [4.78, 5) is 17.8. The fourth-order valence-corrected chi connectivity index (χ4v) is 6.40. The third-order valence-corrected chi connectivity index (χ3v) is 8.25. The van der Waals surface area contributed by atoms with Gasteiger partial charge in [-0.15, -0.1) is 5.10 Å². The van der Waals surface area contributed by atoms with Gasteiger partial charge in [0.15, 0.2) is 23.6 Å². The van der Waals surface area contributed by atoms with Crippen LogP contribution in [0.15, 0.2) is 41.0 Å². The van der Waals surface area contributed by atoms with E-state index < -0.39 is 72.6 Å². The monoisotopic (exact) mass is 669 g/mol. The molecule has 3 aromatic rings. The lowest BCUT2D eigenvalue weighted by atomic mass is 9.91. The molecule has 3 N–H and O–H groups in total. The first-order valence-electron chi connectivity index (χ1n) is 13.4. The maximum Gasteiger partial charge on any atom is 0.259 e. The fourth-order valence-electron chi connectivity index (χ4n) is 5.80. The number of halogens is 4. The predicted octanol–water partition coefficient (Wildman–Crippen LogP) is 1.82. The zero-order valence-corrected chi connectivity index (χ0v) is 25.0. The molecule has 3 heterocycles. The Morgan fingerprint density at radius 2 is 1.86 bits per heavy atom. The molecule has 15 heteroatoms. The van der Waals surface area contributed by atoms with Crippen LogP contribution in [0.4, 0.5) is 18.9 Å². The number of anilines is 1. The second-order valence-electron chi connectivity index (χ2n) is 10.8. The predicted molar refractivity (Wildman–Crippen MR) is 151 cm³/mol. The number of β-amino-alcohol motifs (C(OH)–C–C–N with tert-alkyl or cyclic N) is 1. The number of aromatic nitrogens is 3. The molecule has 2 fully saturated rings. The van der Waals surface area contributed by atoms with E-state index in [0.29, 0.717) is 23.2 Å². The fraction of sp³-hybridized carbons (Fsp3) is 0.464. The zero-order valence-electron chi connectivity index (χ0n) is 23.4. The van der Waals surface area contributed by atoms with Gasteiger partial charge in [0, 0.05) is 35.9 Å². The Hall–Kier alpha value is -2.92. The van der Waals surface area contributed by atoms with Gasteiger partial charge >= 0.3 is 0 Å². The Bertz CT molecular complexity index is 1450. The smallest absolute Gasteiger partial charge is 0.259 e. The van der Waals surface area contributed by atoms with Crippen molar-refractivity contribution in [2.24, 2.45) is 0 Å². The minimum atomic E-state index is -1.63. The Labute approximate surface area is 253 Å². The van der Waals surface area contributed by atoms with E-state index in [1.54, 1.807) is 12.1 Å². The summed E-state index contributed by atoms with van der Waals surface area (Å²) in [5, 5.41) is 40.2. The second-order valence-corrected chi connectivity index (χ2v) is 11.8. The number of carbonyl (C=O) groups excluding carboxylic acids is 1. The van der Waals surface area contributed by atoms with E-state index in [0.717, 1.165) is 22.4 Å². The summed E-state index contributed by atoms with van der Waals surface area (Å²) in [7, 11) is 3.13. The standard InChI is InChI=1S/C28H31BrF3N5O6/c1-13-4-15(29)8-16(5-13)37(20-10-35(2)11-21(20)39)28(41)27-26(42-3)24(25(40)22(12-38)43-27)36-9-19(33-34-36)14-6-17(30)23(32)18(31)7-14/h4-9,20-22,24-27,38-40H,10-12H2,1-3H3/t20-,21-,22+,24-,25-,26+,27+/m0/s1. The van der Waals surface area contributed by atoms with Crippen LogP contribution in [0.3, 0.4) is 0 Å². The van der Waals surface area contributed by atoms with Crippen molar-refractivity contribution >= 4 is 27.5 Å². The highest BCUT2D eigenvalue weighted by molar-refractivity contribution is 9.10. The van der Waals surface area contributed by atoms with E-state index in [2.05, 4.69) is 26.2 Å². The Balaban J connectivity index is 1.55. The summed E-state index contributed by atoms with van der Waals surface area (Å²) in [6.07, 6.45) is -4.95. The molecule has 43 heavy (non-hydrogen) atoms. The summed E-state index contributed by atoms with van der Waals surface area (Å²) in [5.74, 6) is -5.06. The van der Waals surface area contributed by atoms with Gasteiger partial charge in [0.05, 0.1) is 24.9 Å². The lowest BCUT2D eigenvalue weighted by molar-refractivity contribution is -0.211.